The number of nitrogens with one attached hydrogen (secondary N) is 1. The predicted octanol–water partition coefficient (Wildman–Crippen LogP) is 2.33. The molecule has 0 aliphatic heterocycles. The van der Waals surface area contributed by atoms with E-state index in [9.17, 15) is 9.59 Å². The second kappa shape index (κ2) is 9.65. The van der Waals surface area contributed by atoms with Crippen molar-refractivity contribution in [3.8, 4) is 17.0 Å². The highest BCUT2D eigenvalue weighted by Gasteiger charge is 2.11. The first-order valence-corrected chi connectivity index (χ1v) is 9.42. The number of hydrogen-bond acceptors (Lipinski definition) is 5. The third kappa shape index (κ3) is 6.01. The number of aromatic nitrogens is 2. The molecule has 29 heavy (non-hydrogen) atoms. The molecule has 0 unspecified atom stereocenters. The molecule has 0 saturated heterocycles. The molecule has 3 aromatic rings. The number of amides is 2. The number of nitrogens with two attached hydrogens (primary N) is 1. The molecule has 0 spiro atoms. The Bertz CT molecular complexity index is 1020. The fourth-order valence-corrected chi connectivity index (χ4v) is 2.74. The standard InChI is InChI=1S/C20H18BrN5O3/c21-16-6-8-17(9-7-16)29-13-19(28)24-23-10-15-11-26(12-18(22)27)25-20(15)14-4-2-1-3-5-14/h1-11H,12-13H2,(H2,22,27)(H,24,28)/b23-10-. The lowest BCUT2D eigenvalue weighted by Crippen LogP contribution is -2.24. The average Bonchev–Trinajstić information content (AvgIpc) is 3.10. The summed E-state index contributed by atoms with van der Waals surface area (Å²) >= 11 is 3.33. The number of ether oxygens (including phenoxy) is 1. The topological polar surface area (TPSA) is 112 Å². The Hall–Kier alpha value is -3.46. The highest BCUT2D eigenvalue weighted by Crippen LogP contribution is 2.20. The van der Waals surface area contributed by atoms with E-state index in [2.05, 4.69) is 31.6 Å². The van der Waals surface area contributed by atoms with Crippen LogP contribution in [0.1, 0.15) is 5.56 Å². The van der Waals surface area contributed by atoms with Gasteiger partial charge in [0.1, 0.15) is 18.0 Å². The molecule has 0 atom stereocenters. The number of carbonyl (C=O) groups is 2. The third-order valence-electron chi connectivity index (χ3n) is 3.73. The van der Waals surface area contributed by atoms with Gasteiger partial charge in [0.15, 0.2) is 6.61 Å². The largest absolute Gasteiger partial charge is 0.484 e. The lowest BCUT2D eigenvalue weighted by Gasteiger charge is -2.04. The maximum Gasteiger partial charge on any atom is 0.277 e. The second-order valence-corrected chi connectivity index (χ2v) is 6.91. The third-order valence-corrected chi connectivity index (χ3v) is 4.26. The summed E-state index contributed by atoms with van der Waals surface area (Å²) in [7, 11) is 0. The van der Waals surface area contributed by atoms with E-state index in [4.69, 9.17) is 10.5 Å². The zero-order chi connectivity index (χ0) is 20.6. The number of hydrogen-bond donors (Lipinski definition) is 2. The van der Waals surface area contributed by atoms with Crippen LogP contribution in [0.25, 0.3) is 11.3 Å². The van der Waals surface area contributed by atoms with Gasteiger partial charge in [-0.1, -0.05) is 46.3 Å². The summed E-state index contributed by atoms with van der Waals surface area (Å²) in [5.74, 6) is -0.338. The molecule has 148 valence electrons. The fourth-order valence-electron chi connectivity index (χ4n) is 2.48. The molecule has 1 aromatic heterocycles. The lowest BCUT2D eigenvalue weighted by atomic mass is 10.1. The maximum absolute atomic E-state index is 11.9. The smallest absolute Gasteiger partial charge is 0.277 e. The molecular formula is C20H18BrN5O3. The van der Waals surface area contributed by atoms with Crippen molar-refractivity contribution in [3.05, 3.63) is 70.8 Å². The van der Waals surface area contributed by atoms with Crippen LogP contribution in [0.3, 0.4) is 0 Å². The number of benzene rings is 2. The SMILES string of the molecule is NC(=O)Cn1cc(/C=N\NC(=O)COc2ccc(Br)cc2)c(-c2ccccc2)n1. The van der Waals surface area contributed by atoms with E-state index in [0.29, 0.717) is 17.0 Å². The first-order valence-electron chi connectivity index (χ1n) is 8.63. The predicted molar refractivity (Wildman–Crippen MR) is 112 cm³/mol. The minimum Gasteiger partial charge on any atom is -0.484 e. The molecule has 3 N–H and O–H groups in total. The highest BCUT2D eigenvalue weighted by molar-refractivity contribution is 9.10. The van der Waals surface area contributed by atoms with E-state index < -0.39 is 11.8 Å². The number of carbonyl (C=O) groups excluding carboxylic acids is 2. The van der Waals surface area contributed by atoms with Gasteiger partial charge in [-0.25, -0.2) is 5.43 Å². The van der Waals surface area contributed by atoms with Crippen LogP contribution >= 0.6 is 15.9 Å². The molecule has 2 aromatic carbocycles. The van der Waals surface area contributed by atoms with E-state index in [-0.39, 0.29) is 13.2 Å². The van der Waals surface area contributed by atoms with E-state index in [1.165, 1.54) is 10.9 Å². The van der Waals surface area contributed by atoms with Crippen molar-refractivity contribution in [3.63, 3.8) is 0 Å². The number of halogens is 1. The normalized spacial score (nSPS) is 10.8. The average molecular weight is 456 g/mol. The minimum atomic E-state index is -0.506. The van der Waals surface area contributed by atoms with Crippen LogP contribution in [-0.2, 0) is 16.1 Å². The Morgan fingerprint density at radius 3 is 2.59 bits per heavy atom. The Kier molecular flexibility index (Phi) is 6.75. The van der Waals surface area contributed by atoms with Gasteiger partial charge < -0.3 is 10.5 Å². The molecule has 0 saturated carbocycles. The Balaban J connectivity index is 1.65. The van der Waals surface area contributed by atoms with E-state index >= 15 is 0 Å². The molecule has 0 fully saturated rings. The molecule has 8 nitrogen and oxygen atoms in total. The van der Waals surface area contributed by atoms with Crippen LogP contribution in [0.2, 0.25) is 0 Å². The molecule has 1 heterocycles. The second-order valence-electron chi connectivity index (χ2n) is 6.00. The molecule has 0 aliphatic carbocycles. The lowest BCUT2D eigenvalue weighted by molar-refractivity contribution is -0.123. The van der Waals surface area contributed by atoms with Gasteiger partial charge in [-0.05, 0) is 24.3 Å². The van der Waals surface area contributed by atoms with Gasteiger partial charge in [0.2, 0.25) is 5.91 Å². The Morgan fingerprint density at radius 2 is 1.90 bits per heavy atom. The maximum atomic E-state index is 11.9. The van der Waals surface area contributed by atoms with Gasteiger partial charge in [-0.3, -0.25) is 14.3 Å². The zero-order valence-corrected chi connectivity index (χ0v) is 16.9. The zero-order valence-electron chi connectivity index (χ0n) is 15.3. The number of hydrazone groups is 1. The number of rotatable bonds is 8. The first kappa shape index (κ1) is 20.3. The molecule has 3 rings (SSSR count). The summed E-state index contributed by atoms with van der Waals surface area (Å²) in [6.45, 7) is -0.230. The Morgan fingerprint density at radius 1 is 1.17 bits per heavy atom. The Labute approximate surface area is 175 Å². The van der Waals surface area contributed by atoms with Crippen molar-refractivity contribution in [2.24, 2.45) is 10.8 Å². The van der Waals surface area contributed by atoms with E-state index in [1.54, 1.807) is 18.3 Å². The summed E-state index contributed by atoms with van der Waals surface area (Å²) in [6, 6.07) is 16.6. The highest BCUT2D eigenvalue weighted by atomic mass is 79.9. The summed E-state index contributed by atoms with van der Waals surface area (Å²) in [5, 5.41) is 8.35. The minimum absolute atomic E-state index is 0.0545. The van der Waals surface area contributed by atoms with Crippen LogP contribution < -0.4 is 15.9 Å². The van der Waals surface area contributed by atoms with Crippen molar-refractivity contribution < 1.29 is 14.3 Å². The van der Waals surface area contributed by atoms with Crippen molar-refractivity contribution >= 4 is 34.0 Å². The molecule has 2 amide bonds. The van der Waals surface area contributed by atoms with Gasteiger partial charge in [0.05, 0.1) is 6.21 Å². The van der Waals surface area contributed by atoms with Crippen molar-refractivity contribution in [1.82, 2.24) is 15.2 Å². The van der Waals surface area contributed by atoms with Crippen molar-refractivity contribution in [2.45, 2.75) is 6.54 Å². The van der Waals surface area contributed by atoms with Gasteiger partial charge in [-0.15, -0.1) is 0 Å². The summed E-state index contributed by atoms with van der Waals surface area (Å²) in [4.78, 5) is 23.1. The monoisotopic (exact) mass is 455 g/mol. The van der Waals surface area contributed by atoms with Crippen LogP contribution in [0.15, 0.2) is 70.4 Å². The molecule has 0 bridgehead atoms. The van der Waals surface area contributed by atoms with Crippen molar-refractivity contribution in [1.29, 1.82) is 0 Å². The van der Waals surface area contributed by atoms with Crippen LogP contribution in [0, 0.1) is 0 Å². The van der Waals surface area contributed by atoms with Gasteiger partial charge >= 0.3 is 0 Å². The van der Waals surface area contributed by atoms with E-state index in [1.807, 2.05) is 42.5 Å². The van der Waals surface area contributed by atoms with Crippen LogP contribution in [0.5, 0.6) is 5.75 Å². The summed E-state index contributed by atoms with van der Waals surface area (Å²) in [6.07, 6.45) is 3.10. The van der Waals surface area contributed by atoms with Gasteiger partial charge in [0.25, 0.3) is 5.91 Å². The van der Waals surface area contributed by atoms with E-state index in [0.717, 1.165) is 10.0 Å². The summed E-state index contributed by atoms with van der Waals surface area (Å²) in [5.41, 5.74) is 9.76. The van der Waals surface area contributed by atoms with Crippen LogP contribution in [0.4, 0.5) is 0 Å². The molecule has 0 radical (unpaired) electrons. The quantitative estimate of drug-likeness (QED) is 0.400. The van der Waals surface area contributed by atoms with Gasteiger partial charge in [0, 0.05) is 21.8 Å². The molecule has 9 heteroatoms. The summed E-state index contributed by atoms with van der Waals surface area (Å²) < 4.78 is 7.75. The molecular weight excluding hydrogens is 438 g/mol. The van der Waals surface area contributed by atoms with Crippen LogP contribution in [-0.4, -0.2) is 34.4 Å². The molecule has 0 aliphatic rings. The number of nitrogens with zero attached hydrogens (tertiary/aromatic N) is 3. The number of primary amides is 1. The first-order chi connectivity index (χ1) is 14.0. The van der Waals surface area contributed by atoms with Crippen molar-refractivity contribution in [2.75, 3.05) is 6.61 Å². The fraction of sp³-hybridized carbons (Fsp3) is 0.100. The van der Waals surface area contributed by atoms with Gasteiger partial charge in [-0.2, -0.15) is 10.2 Å².